The monoisotopic (exact) mass is 474 g/mol. The van der Waals surface area contributed by atoms with E-state index >= 15 is 0 Å². The third kappa shape index (κ3) is 4.66. The smallest absolute Gasteiger partial charge is 0.440 e. The SMILES string of the molecule is CC1c2cccc(CN)c2CCN1C(=O)C(OC(=O)C(F)(F)F)c1c(Cl)cccc1Cl. The zero-order valence-corrected chi connectivity index (χ0v) is 17.9. The molecule has 1 heterocycles. The summed E-state index contributed by atoms with van der Waals surface area (Å²) >= 11 is 12.2. The van der Waals surface area contributed by atoms with E-state index in [0.717, 1.165) is 16.7 Å². The van der Waals surface area contributed by atoms with Crippen molar-refractivity contribution in [3.05, 3.63) is 68.7 Å². The molecule has 0 spiro atoms. The number of amides is 1. The molecule has 0 aliphatic carbocycles. The second-order valence-electron chi connectivity index (χ2n) is 7.07. The maximum absolute atomic E-state index is 13.4. The van der Waals surface area contributed by atoms with Gasteiger partial charge in [0.2, 0.25) is 6.10 Å². The van der Waals surface area contributed by atoms with Crippen molar-refractivity contribution >= 4 is 35.1 Å². The van der Waals surface area contributed by atoms with Crippen molar-refractivity contribution in [3.63, 3.8) is 0 Å². The normalized spacial score (nSPS) is 17.1. The second-order valence-corrected chi connectivity index (χ2v) is 7.88. The number of benzene rings is 2. The van der Waals surface area contributed by atoms with Crippen LogP contribution >= 0.6 is 23.2 Å². The number of nitrogens with zero attached hydrogens (tertiary/aromatic N) is 1. The number of hydrogen-bond acceptors (Lipinski definition) is 4. The van der Waals surface area contributed by atoms with Crippen molar-refractivity contribution in [2.75, 3.05) is 6.54 Å². The van der Waals surface area contributed by atoms with E-state index in [1.807, 2.05) is 12.1 Å². The fourth-order valence-electron chi connectivity index (χ4n) is 3.76. The molecular formula is C21H19Cl2F3N2O3. The molecule has 31 heavy (non-hydrogen) atoms. The predicted octanol–water partition coefficient (Wildman–Crippen LogP) is 4.74. The van der Waals surface area contributed by atoms with E-state index in [1.165, 1.54) is 23.1 Å². The average molecular weight is 475 g/mol. The van der Waals surface area contributed by atoms with Gasteiger partial charge in [0, 0.05) is 28.7 Å². The van der Waals surface area contributed by atoms with E-state index < -0.39 is 30.2 Å². The van der Waals surface area contributed by atoms with Gasteiger partial charge in [-0.25, -0.2) is 4.79 Å². The van der Waals surface area contributed by atoms with Crippen LogP contribution in [0.2, 0.25) is 10.0 Å². The summed E-state index contributed by atoms with van der Waals surface area (Å²) in [5.74, 6) is -3.35. The molecule has 2 unspecified atom stereocenters. The number of ether oxygens (including phenoxy) is 1. The minimum Gasteiger partial charge on any atom is -0.440 e. The molecule has 10 heteroatoms. The molecule has 2 aromatic carbocycles. The highest BCUT2D eigenvalue weighted by Crippen LogP contribution is 2.38. The molecule has 1 aliphatic rings. The van der Waals surface area contributed by atoms with Crippen molar-refractivity contribution in [3.8, 4) is 0 Å². The number of hydrogen-bond donors (Lipinski definition) is 1. The molecule has 166 valence electrons. The van der Waals surface area contributed by atoms with Crippen LogP contribution in [0.25, 0.3) is 0 Å². The summed E-state index contributed by atoms with van der Waals surface area (Å²) < 4.78 is 43.4. The van der Waals surface area contributed by atoms with E-state index in [0.29, 0.717) is 13.0 Å². The molecule has 0 fully saturated rings. The fourth-order valence-corrected chi connectivity index (χ4v) is 4.35. The summed E-state index contributed by atoms with van der Waals surface area (Å²) in [6.07, 6.45) is -6.78. The van der Waals surface area contributed by atoms with Crippen LogP contribution in [0.3, 0.4) is 0 Å². The van der Waals surface area contributed by atoms with Gasteiger partial charge in [-0.15, -0.1) is 0 Å². The lowest BCUT2D eigenvalue weighted by Gasteiger charge is -2.38. The highest BCUT2D eigenvalue weighted by atomic mass is 35.5. The Morgan fingerprint density at radius 1 is 1.19 bits per heavy atom. The highest BCUT2D eigenvalue weighted by Gasteiger charge is 2.46. The molecule has 2 atom stereocenters. The molecule has 1 aliphatic heterocycles. The molecule has 0 aromatic heterocycles. The summed E-state index contributed by atoms with van der Waals surface area (Å²) in [6.45, 7) is 2.27. The van der Waals surface area contributed by atoms with E-state index in [4.69, 9.17) is 28.9 Å². The number of esters is 1. The molecule has 2 N–H and O–H groups in total. The number of fused-ring (bicyclic) bond motifs is 1. The van der Waals surface area contributed by atoms with Gasteiger partial charge in [0.15, 0.2) is 0 Å². The van der Waals surface area contributed by atoms with Gasteiger partial charge in [-0.3, -0.25) is 4.79 Å². The minimum atomic E-state index is -5.29. The van der Waals surface area contributed by atoms with Crippen molar-refractivity contribution < 1.29 is 27.5 Å². The first-order valence-corrected chi connectivity index (χ1v) is 10.1. The Morgan fingerprint density at radius 2 is 1.81 bits per heavy atom. The lowest BCUT2D eigenvalue weighted by atomic mass is 9.89. The molecule has 5 nitrogen and oxygen atoms in total. The molecule has 0 saturated heterocycles. The summed E-state index contributed by atoms with van der Waals surface area (Å²) in [4.78, 5) is 26.3. The quantitative estimate of drug-likeness (QED) is 0.649. The molecular weight excluding hydrogens is 456 g/mol. The second kappa shape index (κ2) is 9.06. The zero-order chi connectivity index (χ0) is 22.9. The van der Waals surface area contributed by atoms with Gasteiger partial charge < -0.3 is 15.4 Å². The summed E-state index contributed by atoms with van der Waals surface area (Å²) in [5.41, 5.74) is 8.36. The molecule has 3 rings (SSSR count). The number of halogens is 5. The maximum atomic E-state index is 13.4. The topological polar surface area (TPSA) is 72.6 Å². The van der Waals surface area contributed by atoms with Gasteiger partial charge >= 0.3 is 12.1 Å². The minimum absolute atomic E-state index is 0.0868. The first-order valence-electron chi connectivity index (χ1n) is 9.39. The van der Waals surface area contributed by atoms with Crippen LogP contribution in [-0.4, -0.2) is 29.5 Å². The highest BCUT2D eigenvalue weighted by molar-refractivity contribution is 6.36. The predicted molar refractivity (Wildman–Crippen MR) is 110 cm³/mol. The molecule has 2 aromatic rings. The van der Waals surface area contributed by atoms with Crippen molar-refractivity contribution in [2.45, 2.75) is 38.2 Å². The number of alkyl halides is 3. The Morgan fingerprint density at radius 3 is 2.39 bits per heavy atom. The molecule has 1 amide bonds. The molecule has 0 radical (unpaired) electrons. The summed E-state index contributed by atoms with van der Waals surface area (Å²) in [7, 11) is 0. The van der Waals surface area contributed by atoms with Crippen LogP contribution < -0.4 is 5.73 Å². The fraction of sp³-hybridized carbons (Fsp3) is 0.333. The van der Waals surface area contributed by atoms with Gasteiger partial charge in [0.05, 0.1) is 6.04 Å². The molecule has 0 saturated carbocycles. The third-order valence-electron chi connectivity index (χ3n) is 5.28. The van der Waals surface area contributed by atoms with Crippen molar-refractivity contribution in [1.29, 1.82) is 0 Å². The first kappa shape index (κ1) is 23.4. The Bertz CT molecular complexity index is 994. The Kier molecular flexibility index (Phi) is 6.83. The van der Waals surface area contributed by atoms with E-state index in [1.54, 1.807) is 13.0 Å². The number of carbonyl (C=O) groups is 2. The summed E-state index contributed by atoms with van der Waals surface area (Å²) in [6, 6.07) is 9.21. The molecule has 0 bridgehead atoms. The maximum Gasteiger partial charge on any atom is 0.490 e. The first-order chi connectivity index (χ1) is 14.6. The van der Waals surface area contributed by atoms with Gasteiger partial charge in [-0.05, 0) is 42.2 Å². The number of nitrogens with two attached hydrogens (primary N) is 1. The Balaban J connectivity index is 2.01. The van der Waals surface area contributed by atoms with Crippen LogP contribution in [0.1, 0.15) is 41.3 Å². The van der Waals surface area contributed by atoms with Crippen LogP contribution in [0, 0.1) is 0 Å². The van der Waals surface area contributed by atoms with Crippen LogP contribution in [-0.2, 0) is 27.3 Å². The Hall–Kier alpha value is -2.29. The van der Waals surface area contributed by atoms with Crippen LogP contribution in [0.15, 0.2) is 36.4 Å². The summed E-state index contributed by atoms with van der Waals surface area (Å²) in [5, 5.41) is -0.174. The Labute approximate surface area is 186 Å². The van der Waals surface area contributed by atoms with Gasteiger partial charge in [-0.1, -0.05) is 47.5 Å². The third-order valence-corrected chi connectivity index (χ3v) is 5.93. The number of carbonyl (C=O) groups excluding carboxylic acids is 2. The standard InChI is InChI=1S/C21H19Cl2F3N2O3/c1-11-13-5-2-4-12(10-27)14(13)8-9-28(11)19(29)18(31-20(30)21(24,25)26)17-15(22)6-3-7-16(17)23/h2-7,11,18H,8-10,27H2,1H3. The number of rotatable bonds is 4. The van der Waals surface area contributed by atoms with Gasteiger partial charge in [-0.2, -0.15) is 13.2 Å². The van der Waals surface area contributed by atoms with E-state index in [2.05, 4.69) is 4.74 Å². The van der Waals surface area contributed by atoms with Gasteiger partial charge in [0.25, 0.3) is 5.91 Å². The van der Waals surface area contributed by atoms with Crippen LogP contribution in [0.4, 0.5) is 13.2 Å². The zero-order valence-electron chi connectivity index (χ0n) is 16.4. The van der Waals surface area contributed by atoms with Crippen LogP contribution in [0.5, 0.6) is 0 Å². The largest absolute Gasteiger partial charge is 0.490 e. The van der Waals surface area contributed by atoms with Crippen molar-refractivity contribution in [1.82, 2.24) is 4.90 Å². The van der Waals surface area contributed by atoms with Crippen molar-refractivity contribution in [2.24, 2.45) is 5.73 Å². The van der Waals surface area contributed by atoms with E-state index in [-0.39, 0.29) is 22.2 Å². The van der Waals surface area contributed by atoms with Gasteiger partial charge in [0.1, 0.15) is 0 Å². The lowest BCUT2D eigenvalue weighted by Crippen LogP contribution is -2.43. The lowest BCUT2D eigenvalue weighted by molar-refractivity contribution is -0.207. The van der Waals surface area contributed by atoms with E-state index in [9.17, 15) is 22.8 Å². The average Bonchev–Trinajstić information content (AvgIpc) is 2.71.